The lowest BCUT2D eigenvalue weighted by Gasteiger charge is -2.13. The van der Waals surface area contributed by atoms with Gasteiger partial charge in [-0.25, -0.2) is 0 Å². The Labute approximate surface area is 188 Å². The lowest BCUT2D eigenvalue weighted by Crippen LogP contribution is -2.20. The van der Waals surface area contributed by atoms with Gasteiger partial charge in [0.05, 0.1) is 19.9 Å². The Morgan fingerprint density at radius 1 is 1.12 bits per heavy atom. The van der Waals surface area contributed by atoms with Crippen molar-refractivity contribution in [2.24, 2.45) is 10.7 Å². The first-order valence-corrected chi connectivity index (χ1v) is 9.95. The number of hydrogen-bond donors (Lipinski definition) is 2. The van der Waals surface area contributed by atoms with Gasteiger partial charge in [-0.15, -0.1) is 0 Å². The fraction of sp³-hybridized carbons (Fsp3) is 0.200. The molecule has 0 bridgehead atoms. The van der Waals surface area contributed by atoms with Gasteiger partial charge in [0.1, 0.15) is 5.75 Å². The van der Waals surface area contributed by atoms with Crippen LogP contribution in [-0.4, -0.2) is 32.4 Å². The third-order valence-electron chi connectivity index (χ3n) is 4.55. The molecule has 0 atom stereocenters. The molecule has 3 N–H and O–H groups in total. The number of benzene rings is 2. The average Bonchev–Trinajstić information content (AvgIpc) is 2.82. The standard InChI is InChI=1S/C25H29N3O4/c1-6-20(26)17(2)13-14-27-18(3)19-11-12-23(24(15-19)31-5)32-16-25(29)28-21-9-7-8-10-22(21)30-4/h6-15H,2,16,26H2,1,3-5H3,(H,28,29)/b14-13-,20-6-,27-18?. The average molecular weight is 436 g/mol. The molecule has 7 nitrogen and oxygen atoms in total. The van der Waals surface area contributed by atoms with E-state index in [9.17, 15) is 4.79 Å². The second kappa shape index (κ2) is 12.0. The van der Waals surface area contributed by atoms with Crippen LogP contribution >= 0.6 is 0 Å². The number of aliphatic imine (C=N–C) groups is 1. The first kappa shape index (κ1) is 24.3. The number of amides is 1. The van der Waals surface area contributed by atoms with Gasteiger partial charge in [-0.2, -0.15) is 0 Å². The number of allylic oxidation sites excluding steroid dienone is 2. The fourth-order valence-corrected chi connectivity index (χ4v) is 2.68. The SMILES string of the molecule is C=C(/C=C\N=C(C)c1ccc(OCC(=O)Nc2ccccc2OC)c(OC)c1)/C(N)=C/C. The number of nitrogens with one attached hydrogen (secondary N) is 1. The maximum atomic E-state index is 12.3. The second-order valence-corrected chi connectivity index (χ2v) is 6.70. The van der Waals surface area contributed by atoms with Gasteiger partial charge >= 0.3 is 0 Å². The molecule has 0 aliphatic rings. The predicted octanol–water partition coefficient (Wildman–Crippen LogP) is 4.46. The monoisotopic (exact) mass is 435 g/mol. The molecule has 0 unspecified atom stereocenters. The molecule has 0 spiro atoms. The quantitative estimate of drug-likeness (QED) is 0.424. The summed E-state index contributed by atoms with van der Waals surface area (Å²) < 4.78 is 16.3. The minimum absolute atomic E-state index is 0.182. The molecule has 7 heteroatoms. The molecule has 1 amide bonds. The molecular weight excluding hydrogens is 406 g/mol. The minimum atomic E-state index is -0.316. The predicted molar refractivity (Wildman–Crippen MR) is 129 cm³/mol. The van der Waals surface area contributed by atoms with Gasteiger partial charge in [-0.05, 0) is 61.4 Å². The van der Waals surface area contributed by atoms with Crippen LogP contribution in [0.5, 0.6) is 17.2 Å². The lowest BCUT2D eigenvalue weighted by molar-refractivity contribution is -0.118. The summed E-state index contributed by atoms with van der Waals surface area (Å²) in [7, 11) is 3.08. The molecule has 168 valence electrons. The van der Waals surface area contributed by atoms with E-state index in [1.54, 1.807) is 49.7 Å². The van der Waals surface area contributed by atoms with E-state index < -0.39 is 0 Å². The summed E-state index contributed by atoms with van der Waals surface area (Å²) in [6, 6.07) is 12.5. The van der Waals surface area contributed by atoms with Crippen molar-refractivity contribution in [1.29, 1.82) is 0 Å². The minimum Gasteiger partial charge on any atom is -0.495 e. The molecule has 0 radical (unpaired) electrons. The van der Waals surface area contributed by atoms with Crippen molar-refractivity contribution in [2.75, 3.05) is 26.1 Å². The topological polar surface area (TPSA) is 95.2 Å². The van der Waals surface area contributed by atoms with Gasteiger partial charge in [0, 0.05) is 17.6 Å². The van der Waals surface area contributed by atoms with Crippen LogP contribution < -0.4 is 25.3 Å². The Kier molecular flexibility index (Phi) is 9.10. The highest BCUT2D eigenvalue weighted by Crippen LogP contribution is 2.29. The number of methoxy groups -OCH3 is 2. The molecule has 0 aliphatic carbocycles. The van der Waals surface area contributed by atoms with Crippen LogP contribution in [0.15, 0.2) is 83.7 Å². The number of carbonyl (C=O) groups is 1. The van der Waals surface area contributed by atoms with E-state index in [4.69, 9.17) is 19.9 Å². The molecule has 2 rings (SSSR count). The van der Waals surface area contributed by atoms with Gasteiger partial charge < -0.3 is 25.3 Å². The fourth-order valence-electron chi connectivity index (χ4n) is 2.68. The summed E-state index contributed by atoms with van der Waals surface area (Å²) >= 11 is 0. The van der Waals surface area contributed by atoms with E-state index in [2.05, 4.69) is 16.9 Å². The Hall–Kier alpha value is -4.00. The van der Waals surface area contributed by atoms with Gasteiger partial charge in [0.15, 0.2) is 18.1 Å². The number of para-hydroxylation sites is 2. The summed E-state index contributed by atoms with van der Waals surface area (Å²) in [5.74, 6) is 1.20. The Morgan fingerprint density at radius 3 is 2.53 bits per heavy atom. The third kappa shape index (κ3) is 6.77. The summed E-state index contributed by atoms with van der Waals surface area (Å²) in [4.78, 5) is 16.7. The summed E-state index contributed by atoms with van der Waals surface area (Å²) in [5, 5.41) is 2.77. The number of nitrogens with two attached hydrogens (primary N) is 1. The van der Waals surface area contributed by atoms with Crippen molar-refractivity contribution in [3.63, 3.8) is 0 Å². The van der Waals surface area contributed by atoms with Crippen molar-refractivity contribution in [1.82, 2.24) is 0 Å². The maximum Gasteiger partial charge on any atom is 0.262 e. The largest absolute Gasteiger partial charge is 0.495 e. The van der Waals surface area contributed by atoms with Gasteiger partial charge in [0.2, 0.25) is 0 Å². The highest BCUT2D eigenvalue weighted by molar-refractivity contribution is 5.99. The highest BCUT2D eigenvalue weighted by atomic mass is 16.5. The maximum absolute atomic E-state index is 12.3. The summed E-state index contributed by atoms with van der Waals surface area (Å²) in [5.41, 5.74) is 9.29. The normalized spacial score (nSPS) is 11.9. The van der Waals surface area contributed by atoms with Crippen molar-refractivity contribution >= 4 is 17.3 Å². The van der Waals surface area contributed by atoms with E-state index in [-0.39, 0.29) is 12.5 Å². The van der Waals surface area contributed by atoms with Gasteiger partial charge in [0.25, 0.3) is 5.91 Å². The zero-order chi connectivity index (χ0) is 23.5. The van der Waals surface area contributed by atoms with Crippen LogP contribution in [0.2, 0.25) is 0 Å². The Bertz CT molecular complexity index is 1050. The first-order chi connectivity index (χ1) is 15.4. The Morgan fingerprint density at radius 2 is 1.84 bits per heavy atom. The number of carbonyl (C=O) groups excluding carboxylic acids is 1. The van der Waals surface area contributed by atoms with Gasteiger partial charge in [-0.1, -0.05) is 24.8 Å². The highest BCUT2D eigenvalue weighted by Gasteiger charge is 2.11. The van der Waals surface area contributed by atoms with E-state index in [1.807, 2.05) is 32.0 Å². The molecule has 0 aromatic heterocycles. The molecule has 32 heavy (non-hydrogen) atoms. The zero-order valence-electron chi connectivity index (χ0n) is 18.8. The van der Waals surface area contributed by atoms with E-state index >= 15 is 0 Å². The summed E-state index contributed by atoms with van der Waals surface area (Å²) in [6.07, 6.45) is 5.17. The van der Waals surface area contributed by atoms with E-state index in [0.29, 0.717) is 34.2 Å². The molecule has 2 aromatic rings. The molecule has 2 aromatic carbocycles. The smallest absolute Gasteiger partial charge is 0.262 e. The molecule has 0 heterocycles. The van der Waals surface area contributed by atoms with Crippen LogP contribution in [0.25, 0.3) is 0 Å². The molecule has 0 saturated heterocycles. The molecular formula is C25H29N3O4. The van der Waals surface area contributed by atoms with Crippen LogP contribution in [0, 0.1) is 0 Å². The number of hydrogen-bond acceptors (Lipinski definition) is 6. The van der Waals surface area contributed by atoms with Crippen LogP contribution in [-0.2, 0) is 4.79 Å². The van der Waals surface area contributed by atoms with Crippen LogP contribution in [0.3, 0.4) is 0 Å². The second-order valence-electron chi connectivity index (χ2n) is 6.70. The van der Waals surface area contributed by atoms with Crippen LogP contribution in [0.4, 0.5) is 5.69 Å². The third-order valence-corrected chi connectivity index (χ3v) is 4.55. The number of anilines is 1. The van der Waals surface area contributed by atoms with Crippen LogP contribution in [0.1, 0.15) is 19.4 Å². The van der Waals surface area contributed by atoms with Crippen molar-refractivity contribution < 1.29 is 19.0 Å². The lowest BCUT2D eigenvalue weighted by atomic mass is 10.1. The molecule has 0 saturated carbocycles. The van der Waals surface area contributed by atoms with Crippen molar-refractivity contribution in [2.45, 2.75) is 13.8 Å². The zero-order valence-corrected chi connectivity index (χ0v) is 18.8. The number of ether oxygens (including phenoxy) is 3. The number of nitrogens with zero attached hydrogens (tertiary/aromatic N) is 1. The van der Waals surface area contributed by atoms with Crippen molar-refractivity contribution in [3.05, 3.63) is 84.2 Å². The van der Waals surface area contributed by atoms with E-state index in [1.165, 1.54) is 7.11 Å². The molecule has 0 fully saturated rings. The molecule has 0 aliphatic heterocycles. The first-order valence-electron chi connectivity index (χ1n) is 9.95. The van der Waals surface area contributed by atoms with E-state index in [0.717, 1.165) is 11.3 Å². The Balaban J connectivity index is 2.05. The summed E-state index contributed by atoms with van der Waals surface area (Å²) in [6.45, 7) is 7.42. The number of rotatable bonds is 10. The van der Waals surface area contributed by atoms with Crippen molar-refractivity contribution in [3.8, 4) is 17.2 Å². The van der Waals surface area contributed by atoms with Gasteiger partial charge in [-0.3, -0.25) is 9.79 Å².